The van der Waals surface area contributed by atoms with E-state index in [0.29, 0.717) is 18.8 Å². The molecule has 1 saturated carbocycles. The van der Waals surface area contributed by atoms with E-state index in [1.807, 2.05) is 6.92 Å². The zero-order chi connectivity index (χ0) is 19.1. The van der Waals surface area contributed by atoms with Crippen LogP contribution < -0.4 is 0 Å². The Morgan fingerprint density at radius 3 is 2.42 bits per heavy atom. The molecule has 1 saturated heterocycles. The Labute approximate surface area is 148 Å². The first-order valence-electron chi connectivity index (χ1n) is 8.52. The molecule has 26 heavy (non-hydrogen) atoms. The standard InChI is InChI=1S/C18H20F3NO4/c1-11-6-8-17(9-7-11)22(14(10-26-17)16(24)25)15(23)12-4-2-3-5-13(12)18(19,20)21/h2-5,11,14H,6-10H2,1H3,(H,24,25)/t11?,14-,17?/m1/s1. The van der Waals surface area contributed by atoms with Crippen molar-refractivity contribution in [3.8, 4) is 0 Å². The number of nitrogens with zero attached hydrogens (tertiary/aromatic N) is 1. The second kappa shape index (κ2) is 6.57. The molecule has 5 nitrogen and oxygen atoms in total. The molecule has 1 spiro atoms. The van der Waals surface area contributed by atoms with Crippen LogP contribution in [0.1, 0.15) is 48.5 Å². The lowest BCUT2D eigenvalue weighted by molar-refractivity contribution is -0.143. The minimum absolute atomic E-state index is 0.219. The van der Waals surface area contributed by atoms with Crippen molar-refractivity contribution in [2.75, 3.05) is 6.61 Å². The number of aliphatic carboxylic acids is 1. The Morgan fingerprint density at radius 2 is 1.85 bits per heavy atom. The molecule has 1 aliphatic heterocycles. The molecule has 1 amide bonds. The van der Waals surface area contributed by atoms with Gasteiger partial charge in [-0.05, 0) is 43.7 Å². The summed E-state index contributed by atoms with van der Waals surface area (Å²) in [5, 5.41) is 9.48. The highest BCUT2D eigenvalue weighted by atomic mass is 19.4. The van der Waals surface area contributed by atoms with Gasteiger partial charge in [0.25, 0.3) is 5.91 Å². The van der Waals surface area contributed by atoms with Crippen molar-refractivity contribution in [1.29, 1.82) is 0 Å². The first-order chi connectivity index (χ1) is 12.2. The van der Waals surface area contributed by atoms with Crippen LogP contribution in [0.25, 0.3) is 0 Å². The second-order valence-electron chi connectivity index (χ2n) is 7.01. The SMILES string of the molecule is CC1CCC2(CC1)OC[C@H](C(=O)O)N2C(=O)c1ccccc1C(F)(F)F. The fraction of sp³-hybridized carbons (Fsp3) is 0.556. The number of carbonyl (C=O) groups excluding carboxylic acids is 1. The molecule has 142 valence electrons. The first kappa shape index (κ1) is 18.7. The molecule has 1 aromatic carbocycles. The molecule has 0 bridgehead atoms. The normalized spacial score (nSPS) is 29.2. The van der Waals surface area contributed by atoms with Crippen LogP contribution in [0.15, 0.2) is 24.3 Å². The van der Waals surface area contributed by atoms with Crippen molar-refractivity contribution in [3.05, 3.63) is 35.4 Å². The lowest BCUT2D eigenvalue weighted by Gasteiger charge is -2.42. The minimum atomic E-state index is -4.71. The van der Waals surface area contributed by atoms with Crippen LogP contribution in [-0.4, -0.2) is 40.3 Å². The van der Waals surface area contributed by atoms with Gasteiger partial charge in [-0.25, -0.2) is 4.79 Å². The second-order valence-corrected chi connectivity index (χ2v) is 7.01. The number of carboxylic acids is 1. The number of carboxylic acid groups (broad SMARTS) is 1. The van der Waals surface area contributed by atoms with Crippen LogP contribution in [0.4, 0.5) is 13.2 Å². The van der Waals surface area contributed by atoms with Crippen LogP contribution in [0.5, 0.6) is 0 Å². The molecule has 0 radical (unpaired) electrons. The van der Waals surface area contributed by atoms with Gasteiger partial charge >= 0.3 is 12.1 Å². The maximum Gasteiger partial charge on any atom is 0.417 e. The van der Waals surface area contributed by atoms with Crippen molar-refractivity contribution in [2.24, 2.45) is 5.92 Å². The van der Waals surface area contributed by atoms with Crippen molar-refractivity contribution in [3.63, 3.8) is 0 Å². The monoisotopic (exact) mass is 371 g/mol. The summed E-state index contributed by atoms with van der Waals surface area (Å²) in [6.07, 6.45) is -2.44. The molecule has 2 fully saturated rings. The number of benzene rings is 1. The maximum absolute atomic E-state index is 13.3. The number of ether oxygens (including phenoxy) is 1. The summed E-state index contributed by atoms with van der Waals surface area (Å²) in [5.74, 6) is -1.83. The van der Waals surface area contributed by atoms with Gasteiger partial charge in [-0.2, -0.15) is 13.2 Å². The maximum atomic E-state index is 13.3. The molecule has 0 aromatic heterocycles. The molecular weight excluding hydrogens is 351 g/mol. The average molecular weight is 371 g/mol. The van der Waals surface area contributed by atoms with Crippen LogP contribution in [-0.2, 0) is 15.7 Å². The van der Waals surface area contributed by atoms with Gasteiger partial charge in [0.05, 0.1) is 17.7 Å². The summed E-state index contributed by atoms with van der Waals surface area (Å²) in [6, 6.07) is 3.16. The van der Waals surface area contributed by atoms with Crippen LogP contribution in [0.2, 0.25) is 0 Å². The molecule has 1 aromatic rings. The molecule has 8 heteroatoms. The number of hydrogen-bond acceptors (Lipinski definition) is 3. The summed E-state index contributed by atoms with van der Waals surface area (Å²) < 4.78 is 45.7. The van der Waals surface area contributed by atoms with E-state index in [-0.39, 0.29) is 6.61 Å². The van der Waals surface area contributed by atoms with E-state index in [1.54, 1.807) is 0 Å². The summed E-state index contributed by atoms with van der Waals surface area (Å²) >= 11 is 0. The summed E-state index contributed by atoms with van der Waals surface area (Å²) in [5.41, 5.74) is -2.76. The Morgan fingerprint density at radius 1 is 1.23 bits per heavy atom. The van der Waals surface area contributed by atoms with Crippen molar-refractivity contribution >= 4 is 11.9 Å². The number of carbonyl (C=O) groups is 2. The number of alkyl halides is 3. The van der Waals surface area contributed by atoms with Gasteiger partial charge in [0.1, 0.15) is 5.72 Å². The van der Waals surface area contributed by atoms with Crippen LogP contribution in [0, 0.1) is 5.92 Å². The highest BCUT2D eigenvalue weighted by Crippen LogP contribution is 2.44. The number of halogens is 3. The number of hydrogen-bond donors (Lipinski definition) is 1. The molecule has 1 N–H and O–H groups in total. The predicted molar refractivity (Wildman–Crippen MR) is 85.4 cm³/mol. The zero-order valence-corrected chi connectivity index (χ0v) is 14.3. The fourth-order valence-electron chi connectivity index (χ4n) is 3.82. The van der Waals surface area contributed by atoms with E-state index >= 15 is 0 Å². The third-order valence-electron chi connectivity index (χ3n) is 5.28. The lowest BCUT2D eigenvalue weighted by atomic mass is 9.83. The Hall–Kier alpha value is -2.09. The largest absolute Gasteiger partial charge is 0.480 e. The quantitative estimate of drug-likeness (QED) is 0.864. The van der Waals surface area contributed by atoms with Gasteiger partial charge in [-0.1, -0.05) is 19.1 Å². The molecule has 1 heterocycles. The Kier molecular flexibility index (Phi) is 4.72. The summed E-state index contributed by atoms with van der Waals surface area (Å²) in [7, 11) is 0. The third kappa shape index (κ3) is 3.18. The molecule has 0 unspecified atom stereocenters. The summed E-state index contributed by atoms with van der Waals surface area (Å²) in [4.78, 5) is 25.7. The van der Waals surface area contributed by atoms with E-state index in [9.17, 15) is 27.9 Å². The van der Waals surface area contributed by atoms with Gasteiger partial charge in [0, 0.05) is 0 Å². The van der Waals surface area contributed by atoms with Crippen LogP contribution in [0.3, 0.4) is 0 Å². The number of rotatable bonds is 2. The van der Waals surface area contributed by atoms with Gasteiger partial charge in [0.2, 0.25) is 0 Å². The first-order valence-corrected chi connectivity index (χ1v) is 8.52. The zero-order valence-electron chi connectivity index (χ0n) is 14.3. The topological polar surface area (TPSA) is 66.8 Å². The molecule has 1 aliphatic carbocycles. The molecular formula is C18H20F3NO4. The molecule has 1 atom stereocenters. The van der Waals surface area contributed by atoms with Gasteiger partial charge < -0.3 is 9.84 Å². The van der Waals surface area contributed by atoms with Crippen molar-refractivity contribution < 1.29 is 32.6 Å². The lowest BCUT2D eigenvalue weighted by Crippen LogP contribution is -2.55. The van der Waals surface area contributed by atoms with E-state index < -0.39 is 40.9 Å². The highest BCUT2D eigenvalue weighted by Gasteiger charge is 2.54. The smallest absolute Gasteiger partial charge is 0.417 e. The van der Waals surface area contributed by atoms with E-state index in [0.717, 1.165) is 29.9 Å². The molecule has 2 aliphatic rings. The average Bonchev–Trinajstić information content (AvgIpc) is 2.95. The van der Waals surface area contributed by atoms with E-state index in [1.165, 1.54) is 12.1 Å². The molecule has 3 rings (SSSR count). The summed E-state index contributed by atoms with van der Waals surface area (Å²) in [6.45, 7) is 1.82. The minimum Gasteiger partial charge on any atom is -0.480 e. The highest BCUT2D eigenvalue weighted by molar-refractivity contribution is 5.98. The van der Waals surface area contributed by atoms with Gasteiger partial charge in [0.15, 0.2) is 6.04 Å². The Balaban J connectivity index is 2.03. The van der Waals surface area contributed by atoms with Crippen LogP contribution >= 0.6 is 0 Å². The Bertz CT molecular complexity index is 711. The third-order valence-corrected chi connectivity index (χ3v) is 5.28. The van der Waals surface area contributed by atoms with Gasteiger partial charge in [-0.3, -0.25) is 9.69 Å². The number of amides is 1. The predicted octanol–water partition coefficient (Wildman–Crippen LogP) is 3.54. The van der Waals surface area contributed by atoms with Crippen molar-refractivity contribution in [1.82, 2.24) is 4.90 Å². The van der Waals surface area contributed by atoms with Gasteiger partial charge in [-0.15, -0.1) is 0 Å². The van der Waals surface area contributed by atoms with Crippen molar-refractivity contribution in [2.45, 2.75) is 50.6 Å². The van der Waals surface area contributed by atoms with E-state index in [4.69, 9.17) is 4.74 Å². The fourth-order valence-corrected chi connectivity index (χ4v) is 3.82. The van der Waals surface area contributed by atoms with E-state index in [2.05, 4.69) is 0 Å².